The fourth-order valence-corrected chi connectivity index (χ4v) is 0.526. The van der Waals surface area contributed by atoms with E-state index in [0.29, 0.717) is 5.89 Å². The molecule has 0 saturated heterocycles. The Balaban J connectivity index is 3.01. The molecule has 3 nitrogen and oxygen atoms in total. The van der Waals surface area contributed by atoms with E-state index >= 15 is 0 Å². The maximum Gasteiger partial charge on any atom is 0.221 e. The summed E-state index contributed by atoms with van der Waals surface area (Å²) >= 11 is 0. The molecule has 1 heterocycles. The zero-order valence-corrected chi connectivity index (χ0v) is 6.30. The summed E-state index contributed by atoms with van der Waals surface area (Å²) in [6.07, 6.45) is 0. The first kappa shape index (κ1) is 4.11. The van der Waals surface area contributed by atoms with Gasteiger partial charge in [0.2, 0.25) is 11.8 Å². The van der Waals surface area contributed by atoms with Gasteiger partial charge in [0.1, 0.15) is 0 Å². The molecule has 0 bridgehead atoms. The summed E-state index contributed by atoms with van der Waals surface area (Å²) < 4.78 is 26.1. The van der Waals surface area contributed by atoms with Gasteiger partial charge >= 0.3 is 0 Å². The molecule has 0 aliphatic rings. The molecule has 0 N–H and O–H groups in total. The summed E-state index contributed by atoms with van der Waals surface area (Å²) in [7, 11) is 0. The average molecular weight is 143 g/mol. The fraction of sp³-hybridized carbons (Fsp3) is 0.714. The molecule has 1 aromatic heterocycles. The third-order valence-electron chi connectivity index (χ3n) is 1.07. The Bertz CT molecular complexity index is 269. The molecule has 0 atom stereocenters. The molecule has 1 aromatic rings. The second kappa shape index (κ2) is 2.08. The van der Waals surface area contributed by atoms with Crippen LogP contribution in [0.5, 0.6) is 0 Å². The third-order valence-corrected chi connectivity index (χ3v) is 1.07. The van der Waals surface area contributed by atoms with Gasteiger partial charge in [0.05, 0.1) is 0 Å². The van der Waals surface area contributed by atoms with Crippen LogP contribution in [0.3, 0.4) is 0 Å². The quantitative estimate of drug-likeness (QED) is 0.554. The highest BCUT2D eigenvalue weighted by Crippen LogP contribution is 2.19. The average Bonchev–Trinajstić information content (AvgIpc) is 2.28. The molecular formula is C7H12N2O. The van der Waals surface area contributed by atoms with Crippen molar-refractivity contribution in [3.8, 4) is 0 Å². The van der Waals surface area contributed by atoms with Crippen molar-refractivity contribution in [3.63, 3.8) is 0 Å². The highest BCUT2D eigenvalue weighted by molar-refractivity contribution is 4.94. The van der Waals surface area contributed by atoms with Crippen molar-refractivity contribution in [3.05, 3.63) is 11.8 Å². The van der Waals surface area contributed by atoms with Gasteiger partial charge in [-0.25, -0.2) is 0 Å². The lowest BCUT2D eigenvalue weighted by molar-refractivity contribution is 0.380. The van der Waals surface area contributed by atoms with Crippen molar-refractivity contribution in [2.75, 3.05) is 0 Å². The molecule has 3 heteroatoms. The second-order valence-electron chi connectivity index (χ2n) is 3.16. The van der Waals surface area contributed by atoms with E-state index in [9.17, 15) is 0 Å². The van der Waals surface area contributed by atoms with Crippen molar-refractivity contribution < 1.29 is 8.53 Å². The standard InChI is InChI=1S/C7H12N2O/c1-5-8-9-6(10-5)7(2,3)4/h1-4H3/i1D3. The van der Waals surface area contributed by atoms with Crippen LogP contribution >= 0.6 is 0 Å². The van der Waals surface area contributed by atoms with E-state index in [1.165, 1.54) is 0 Å². The minimum Gasteiger partial charge on any atom is -0.425 e. The Morgan fingerprint density at radius 1 is 1.40 bits per heavy atom. The third kappa shape index (κ3) is 1.35. The van der Waals surface area contributed by atoms with Gasteiger partial charge in [0.15, 0.2) is 0 Å². The molecule has 0 unspecified atom stereocenters. The Morgan fingerprint density at radius 3 is 2.40 bits per heavy atom. The van der Waals surface area contributed by atoms with Crippen molar-refractivity contribution in [1.29, 1.82) is 0 Å². The van der Waals surface area contributed by atoms with Gasteiger partial charge in [-0.3, -0.25) is 0 Å². The summed E-state index contributed by atoms with van der Waals surface area (Å²) in [5.41, 5.74) is -0.309. The van der Waals surface area contributed by atoms with Gasteiger partial charge in [-0.1, -0.05) is 20.8 Å². The van der Waals surface area contributed by atoms with E-state index in [4.69, 9.17) is 8.53 Å². The first-order chi connectivity index (χ1) is 5.71. The molecule has 0 fully saturated rings. The lowest BCUT2D eigenvalue weighted by Crippen LogP contribution is -2.11. The number of hydrogen-bond acceptors (Lipinski definition) is 3. The van der Waals surface area contributed by atoms with Crippen LogP contribution in [0.15, 0.2) is 4.42 Å². The Kier molecular flexibility index (Phi) is 0.853. The van der Waals surface area contributed by atoms with E-state index in [-0.39, 0.29) is 11.3 Å². The van der Waals surface area contributed by atoms with Crippen LogP contribution in [0.1, 0.15) is 36.7 Å². The summed E-state index contributed by atoms with van der Waals surface area (Å²) in [4.78, 5) is 0. The minimum atomic E-state index is -2.31. The Hall–Kier alpha value is -0.860. The first-order valence-corrected chi connectivity index (χ1v) is 3.06. The van der Waals surface area contributed by atoms with Gasteiger partial charge in [-0.15, -0.1) is 10.2 Å². The summed E-state index contributed by atoms with van der Waals surface area (Å²) in [5, 5.41) is 7.15. The molecule has 0 aliphatic carbocycles. The zero-order valence-electron chi connectivity index (χ0n) is 9.30. The molecule has 1 rings (SSSR count). The molecule has 10 heavy (non-hydrogen) atoms. The van der Waals surface area contributed by atoms with E-state index in [2.05, 4.69) is 10.2 Å². The van der Waals surface area contributed by atoms with E-state index in [1.807, 2.05) is 20.8 Å². The molecular weight excluding hydrogens is 128 g/mol. The van der Waals surface area contributed by atoms with Gasteiger partial charge in [-0.05, 0) is 0 Å². The molecule has 0 aliphatic heterocycles. The zero-order chi connectivity index (χ0) is 10.3. The van der Waals surface area contributed by atoms with Gasteiger partial charge in [-0.2, -0.15) is 0 Å². The Labute approximate surface area is 64.7 Å². The van der Waals surface area contributed by atoms with Crippen molar-refractivity contribution >= 4 is 0 Å². The maximum absolute atomic E-state index is 7.03. The SMILES string of the molecule is [2H]C([2H])([2H])c1nnc(C(C)(C)C)o1. The highest BCUT2D eigenvalue weighted by Gasteiger charge is 2.19. The number of aromatic nitrogens is 2. The number of rotatable bonds is 0. The first-order valence-electron chi connectivity index (χ1n) is 4.56. The van der Waals surface area contributed by atoms with Crippen LogP contribution in [0.25, 0.3) is 0 Å². The highest BCUT2D eigenvalue weighted by atomic mass is 16.4. The van der Waals surface area contributed by atoms with Crippen LogP contribution in [-0.2, 0) is 5.41 Å². The van der Waals surface area contributed by atoms with Crippen LogP contribution < -0.4 is 0 Å². The predicted molar refractivity (Wildman–Crippen MR) is 37.7 cm³/mol. The maximum atomic E-state index is 7.03. The summed E-state index contributed by atoms with van der Waals surface area (Å²) in [5.74, 6) is 0.0519. The molecule has 0 saturated carbocycles. The Morgan fingerprint density at radius 2 is 2.10 bits per heavy atom. The number of nitrogens with zero attached hydrogens (tertiary/aromatic N) is 2. The second-order valence-corrected chi connectivity index (χ2v) is 3.16. The van der Waals surface area contributed by atoms with Crippen LogP contribution in [0.2, 0.25) is 0 Å². The van der Waals surface area contributed by atoms with Gasteiger partial charge in [0.25, 0.3) is 0 Å². The molecule has 0 radical (unpaired) electrons. The van der Waals surface area contributed by atoms with Crippen LogP contribution in [0, 0.1) is 6.85 Å². The molecule has 0 amide bonds. The minimum absolute atomic E-state index is 0.294. The monoisotopic (exact) mass is 143 g/mol. The summed E-state index contributed by atoms with van der Waals surface area (Å²) in [6.45, 7) is 3.33. The van der Waals surface area contributed by atoms with Crippen molar-refractivity contribution in [1.82, 2.24) is 10.2 Å². The normalized spacial score (nSPS) is 17.7. The topological polar surface area (TPSA) is 38.9 Å². The lowest BCUT2D eigenvalue weighted by Gasteiger charge is -2.10. The van der Waals surface area contributed by atoms with Crippen LogP contribution in [-0.4, -0.2) is 10.2 Å². The number of aryl methyl sites for hydroxylation is 1. The van der Waals surface area contributed by atoms with Gasteiger partial charge < -0.3 is 4.42 Å². The lowest BCUT2D eigenvalue weighted by atomic mass is 9.97. The smallest absolute Gasteiger partial charge is 0.221 e. The fourth-order valence-electron chi connectivity index (χ4n) is 0.526. The van der Waals surface area contributed by atoms with Crippen LogP contribution in [0.4, 0.5) is 0 Å². The predicted octanol–water partition coefficient (Wildman–Crippen LogP) is 1.68. The molecule has 56 valence electrons. The van der Waals surface area contributed by atoms with E-state index in [0.717, 1.165) is 0 Å². The van der Waals surface area contributed by atoms with Crippen molar-refractivity contribution in [2.24, 2.45) is 0 Å². The largest absolute Gasteiger partial charge is 0.425 e. The number of hydrogen-bond donors (Lipinski definition) is 0. The van der Waals surface area contributed by atoms with E-state index in [1.54, 1.807) is 0 Å². The van der Waals surface area contributed by atoms with Gasteiger partial charge in [0, 0.05) is 16.4 Å². The summed E-state index contributed by atoms with van der Waals surface area (Å²) in [6, 6.07) is 0. The van der Waals surface area contributed by atoms with E-state index < -0.39 is 6.85 Å². The molecule has 0 aromatic carbocycles. The van der Waals surface area contributed by atoms with Crippen molar-refractivity contribution in [2.45, 2.75) is 33.0 Å². The molecule has 0 spiro atoms.